The molecular formula is C17H29N5OS. The van der Waals surface area contributed by atoms with E-state index in [-0.39, 0.29) is 12.5 Å². The molecule has 0 atom stereocenters. The van der Waals surface area contributed by atoms with Crippen molar-refractivity contribution < 1.29 is 4.79 Å². The summed E-state index contributed by atoms with van der Waals surface area (Å²) >= 11 is 1.69. The minimum absolute atomic E-state index is 0.0000376. The Balaban J connectivity index is 1.81. The fourth-order valence-corrected chi connectivity index (χ4v) is 3.66. The van der Waals surface area contributed by atoms with E-state index in [0.29, 0.717) is 18.5 Å². The molecule has 1 aromatic rings. The number of rotatable bonds is 6. The summed E-state index contributed by atoms with van der Waals surface area (Å²) in [6.07, 6.45) is 5.90. The van der Waals surface area contributed by atoms with Crippen LogP contribution in [0.1, 0.15) is 54.6 Å². The lowest BCUT2D eigenvalue weighted by Crippen LogP contribution is -2.40. The molecule has 0 aromatic carbocycles. The molecule has 1 amide bonds. The third kappa shape index (κ3) is 6.11. The van der Waals surface area contributed by atoms with Crippen LogP contribution in [0.15, 0.2) is 4.99 Å². The number of aromatic nitrogens is 1. The molecule has 0 radical (unpaired) electrons. The molecule has 0 unspecified atom stereocenters. The summed E-state index contributed by atoms with van der Waals surface area (Å²) in [5, 5.41) is 10.5. The van der Waals surface area contributed by atoms with Gasteiger partial charge in [-0.25, -0.2) is 9.98 Å². The molecule has 1 aliphatic rings. The Morgan fingerprint density at radius 3 is 2.62 bits per heavy atom. The summed E-state index contributed by atoms with van der Waals surface area (Å²) in [6.45, 7) is 7.63. The van der Waals surface area contributed by atoms with E-state index in [1.165, 1.54) is 24.1 Å². The Morgan fingerprint density at radius 2 is 2.00 bits per heavy atom. The van der Waals surface area contributed by atoms with E-state index < -0.39 is 0 Å². The summed E-state index contributed by atoms with van der Waals surface area (Å²) in [6, 6.07) is 0.332. The van der Waals surface area contributed by atoms with Crippen LogP contribution in [0, 0.1) is 13.8 Å². The molecule has 1 saturated carbocycles. The average Bonchev–Trinajstić information content (AvgIpc) is 2.89. The van der Waals surface area contributed by atoms with E-state index in [0.717, 1.165) is 30.1 Å². The molecule has 0 spiro atoms. The molecule has 1 aromatic heterocycles. The van der Waals surface area contributed by atoms with E-state index >= 15 is 0 Å². The number of aliphatic imine (C=N–C) groups is 1. The summed E-state index contributed by atoms with van der Waals surface area (Å²) in [5.74, 6) is 0.654. The van der Waals surface area contributed by atoms with Crippen molar-refractivity contribution in [1.29, 1.82) is 0 Å². The van der Waals surface area contributed by atoms with Crippen LogP contribution in [0.4, 0.5) is 0 Å². The molecule has 6 nitrogen and oxygen atoms in total. The normalized spacial score (nSPS) is 16.0. The second-order valence-electron chi connectivity index (χ2n) is 6.20. The van der Waals surface area contributed by atoms with E-state index in [9.17, 15) is 4.79 Å². The zero-order valence-corrected chi connectivity index (χ0v) is 15.8. The zero-order chi connectivity index (χ0) is 17.4. The Bertz CT molecular complexity index is 544. The fourth-order valence-electron chi connectivity index (χ4n) is 2.79. The molecule has 7 heteroatoms. The molecule has 1 heterocycles. The second kappa shape index (κ2) is 9.61. The molecule has 3 N–H and O–H groups in total. The molecule has 0 saturated heterocycles. The van der Waals surface area contributed by atoms with Crippen LogP contribution < -0.4 is 16.0 Å². The first-order valence-electron chi connectivity index (χ1n) is 8.83. The number of hydrogen-bond acceptors (Lipinski definition) is 4. The van der Waals surface area contributed by atoms with Gasteiger partial charge in [0.1, 0.15) is 11.6 Å². The lowest BCUT2D eigenvalue weighted by atomic mass is 9.95. The smallest absolute Gasteiger partial charge is 0.242 e. The highest BCUT2D eigenvalue weighted by molar-refractivity contribution is 7.11. The van der Waals surface area contributed by atoms with E-state index in [1.54, 1.807) is 11.3 Å². The Kier molecular flexibility index (Phi) is 7.49. The second-order valence-corrected chi connectivity index (χ2v) is 7.49. The van der Waals surface area contributed by atoms with Crippen molar-refractivity contribution in [3.8, 4) is 0 Å². The van der Waals surface area contributed by atoms with Gasteiger partial charge in [-0.2, -0.15) is 0 Å². The number of guanidine groups is 1. The number of carbonyl (C=O) groups is 1. The largest absolute Gasteiger partial charge is 0.357 e. The highest BCUT2D eigenvalue weighted by Crippen LogP contribution is 2.17. The standard InChI is InChI=1S/C17H29N5OS/c1-4-18-17(20-11-16-21-12(2)13(3)24-16)19-10-15(23)22-14-8-6-5-7-9-14/h14H,4-11H2,1-3H3,(H,22,23)(H2,18,19,20). The quantitative estimate of drug-likeness (QED) is 0.543. The van der Waals surface area contributed by atoms with Gasteiger partial charge in [0, 0.05) is 17.5 Å². The third-order valence-electron chi connectivity index (χ3n) is 4.18. The number of hydrogen-bond donors (Lipinski definition) is 3. The summed E-state index contributed by atoms with van der Waals surface area (Å²) in [7, 11) is 0. The predicted octanol–water partition coefficient (Wildman–Crippen LogP) is 2.26. The van der Waals surface area contributed by atoms with Crippen molar-refractivity contribution in [3.05, 3.63) is 15.6 Å². The van der Waals surface area contributed by atoms with Gasteiger partial charge in [0.2, 0.25) is 5.91 Å². The number of amides is 1. The molecule has 2 rings (SSSR count). The van der Waals surface area contributed by atoms with Crippen LogP contribution >= 0.6 is 11.3 Å². The van der Waals surface area contributed by atoms with Crippen LogP contribution in [0.25, 0.3) is 0 Å². The van der Waals surface area contributed by atoms with Gasteiger partial charge in [-0.15, -0.1) is 11.3 Å². The number of nitrogens with zero attached hydrogens (tertiary/aromatic N) is 2. The zero-order valence-electron chi connectivity index (χ0n) is 14.9. The Hall–Kier alpha value is -1.63. The lowest BCUT2D eigenvalue weighted by Gasteiger charge is -2.22. The molecule has 1 fully saturated rings. The van der Waals surface area contributed by atoms with Crippen LogP contribution in [-0.4, -0.2) is 36.0 Å². The van der Waals surface area contributed by atoms with E-state index in [1.807, 2.05) is 13.8 Å². The lowest BCUT2D eigenvalue weighted by molar-refractivity contribution is -0.120. The van der Waals surface area contributed by atoms with E-state index in [4.69, 9.17) is 0 Å². The van der Waals surface area contributed by atoms with Crippen LogP contribution in [-0.2, 0) is 11.3 Å². The molecular weight excluding hydrogens is 322 g/mol. The number of carbonyl (C=O) groups excluding carboxylic acids is 1. The minimum Gasteiger partial charge on any atom is -0.357 e. The van der Waals surface area contributed by atoms with Crippen LogP contribution in [0.2, 0.25) is 0 Å². The highest BCUT2D eigenvalue weighted by Gasteiger charge is 2.15. The van der Waals surface area contributed by atoms with Crippen molar-refractivity contribution in [1.82, 2.24) is 20.9 Å². The first kappa shape index (κ1) is 18.7. The molecule has 24 heavy (non-hydrogen) atoms. The van der Waals surface area contributed by atoms with Gasteiger partial charge in [-0.05, 0) is 33.6 Å². The fraction of sp³-hybridized carbons (Fsp3) is 0.706. The molecule has 134 valence electrons. The van der Waals surface area contributed by atoms with Crippen molar-refractivity contribution >= 4 is 23.2 Å². The molecule has 1 aliphatic carbocycles. The maximum absolute atomic E-state index is 12.1. The van der Waals surface area contributed by atoms with Crippen LogP contribution in [0.5, 0.6) is 0 Å². The SMILES string of the molecule is CCNC(=NCC(=O)NC1CCCCC1)NCc1nc(C)c(C)s1. The van der Waals surface area contributed by atoms with Gasteiger partial charge in [-0.3, -0.25) is 4.79 Å². The first-order valence-corrected chi connectivity index (χ1v) is 9.64. The van der Waals surface area contributed by atoms with Crippen molar-refractivity contribution in [2.45, 2.75) is 65.5 Å². The van der Waals surface area contributed by atoms with Gasteiger partial charge in [0.25, 0.3) is 0 Å². The van der Waals surface area contributed by atoms with Gasteiger partial charge >= 0.3 is 0 Å². The van der Waals surface area contributed by atoms with Gasteiger partial charge < -0.3 is 16.0 Å². The van der Waals surface area contributed by atoms with Crippen molar-refractivity contribution in [2.24, 2.45) is 4.99 Å². The maximum Gasteiger partial charge on any atom is 0.242 e. The monoisotopic (exact) mass is 351 g/mol. The van der Waals surface area contributed by atoms with Gasteiger partial charge in [0.05, 0.1) is 12.2 Å². The summed E-state index contributed by atoms with van der Waals surface area (Å²) in [4.78, 5) is 22.2. The van der Waals surface area contributed by atoms with Gasteiger partial charge in [-0.1, -0.05) is 19.3 Å². The summed E-state index contributed by atoms with van der Waals surface area (Å²) in [5.41, 5.74) is 1.07. The maximum atomic E-state index is 12.1. The van der Waals surface area contributed by atoms with Crippen molar-refractivity contribution in [2.75, 3.05) is 13.1 Å². The third-order valence-corrected chi connectivity index (χ3v) is 5.25. The summed E-state index contributed by atoms with van der Waals surface area (Å²) < 4.78 is 0. The number of thiazole rings is 1. The molecule has 0 bridgehead atoms. The molecule has 0 aliphatic heterocycles. The highest BCUT2D eigenvalue weighted by atomic mass is 32.1. The Morgan fingerprint density at radius 1 is 1.25 bits per heavy atom. The Labute approximate surface area is 148 Å². The number of nitrogens with one attached hydrogen (secondary N) is 3. The van der Waals surface area contributed by atoms with Gasteiger partial charge in [0.15, 0.2) is 5.96 Å². The average molecular weight is 352 g/mol. The topological polar surface area (TPSA) is 78.4 Å². The van der Waals surface area contributed by atoms with E-state index in [2.05, 4.69) is 32.9 Å². The first-order chi connectivity index (χ1) is 11.6. The minimum atomic E-state index is 0.0000376. The van der Waals surface area contributed by atoms with Crippen LogP contribution in [0.3, 0.4) is 0 Å². The van der Waals surface area contributed by atoms with Crippen molar-refractivity contribution in [3.63, 3.8) is 0 Å². The predicted molar refractivity (Wildman–Crippen MR) is 99.4 cm³/mol. The number of aryl methyl sites for hydroxylation is 2.